The van der Waals surface area contributed by atoms with Gasteiger partial charge in [0.15, 0.2) is 5.78 Å². The van der Waals surface area contributed by atoms with E-state index in [0.717, 1.165) is 30.6 Å². The summed E-state index contributed by atoms with van der Waals surface area (Å²) in [6.45, 7) is 3.05. The quantitative estimate of drug-likeness (QED) is 0.802. The topological polar surface area (TPSA) is 42.0 Å². The molecule has 0 aromatic carbocycles. The summed E-state index contributed by atoms with van der Waals surface area (Å²) in [5.41, 5.74) is 1.71. The van der Waals surface area contributed by atoms with E-state index in [9.17, 15) is 4.79 Å². The molecule has 2 rings (SSSR count). The van der Waals surface area contributed by atoms with Crippen molar-refractivity contribution in [2.24, 2.45) is 0 Å². The van der Waals surface area contributed by atoms with Crippen molar-refractivity contribution in [1.82, 2.24) is 9.69 Å². The zero-order valence-electron chi connectivity index (χ0n) is 9.66. The molecule has 0 spiro atoms. The number of ketones is 1. The van der Waals surface area contributed by atoms with Crippen molar-refractivity contribution in [2.45, 2.75) is 45.1 Å². The molecule has 0 aliphatic carbocycles. The van der Waals surface area contributed by atoms with Crippen LogP contribution in [0.15, 0.2) is 5.38 Å². The highest BCUT2D eigenvalue weighted by Crippen LogP contribution is 2.16. The molecule has 1 aliphatic rings. The van der Waals surface area contributed by atoms with Crippen LogP contribution in [0.25, 0.3) is 0 Å². The lowest BCUT2D eigenvalue weighted by molar-refractivity contribution is 0.0978. The van der Waals surface area contributed by atoms with Gasteiger partial charge in [0.1, 0.15) is 0 Å². The van der Waals surface area contributed by atoms with Crippen LogP contribution >= 0.6 is 11.5 Å². The Kier molecular flexibility index (Phi) is 4.07. The Bertz CT molecular complexity index is 356. The predicted octanol–water partition coefficient (Wildman–Crippen LogP) is 2.56. The molecule has 1 aromatic rings. The monoisotopic (exact) mass is 238 g/mol. The highest BCUT2D eigenvalue weighted by Gasteiger charge is 2.15. The molecule has 1 aromatic heterocycles. The van der Waals surface area contributed by atoms with Gasteiger partial charge in [-0.2, -0.15) is 4.37 Å². The first-order valence-corrected chi connectivity index (χ1v) is 6.78. The Labute approximate surface area is 100 Å². The first-order chi connectivity index (χ1) is 7.77. The molecule has 2 heterocycles. The van der Waals surface area contributed by atoms with Gasteiger partial charge in [0, 0.05) is 17.8 Å². The minimum Gasteiger partial charge on any atom is -0.314 e. The number of aromatic nitrogens is 1. The Hall–Kier alpha value is -0.740. The van der Waals surface area contributed by atoms with E-state index < -0.39 is 0 Å². The smallest absolute Gasteiger partial charge is 0.165 e. The van der Waals surface area contributed by atoms with Crippen LogP contribution in [0.1, 0.15) is 48.2 Å². The van der Waals surface area contributed by atoms with E-state index in [4.69, 9.17) is 0 Å². The van der Waals surface area contributed by atoms with Crippen LogP contribution < -0.4 is 5.32 Å². The third kappa shape index (κ3) is 2.89. The summed E-state index contributed by atoms with van der Waals surface area (Å²) in [5, 5.41) is 5.32. The molecule has 3 nitrogen and oxygen atoms in total. The van der Waals surface area contributed by atoms with Gasteiger partial charge in [-0.15, -0.1) is 0 Å². The highest BCUT2D eigenvalue weighted by molar-refractivity contribution is 7.03. The molecule has 4 heteroatoms. The van der Waals surface area contributed by atoms with Gasteiger partial charge in [-0.05, 0) is 50.7 Å². The van der Waals surface area contributed by atoms with Gasteiger partial charge < -0.3 is 5.32 Å². The van der Waals surface area contributed by atoms with E-state index in [1.807, 2.05) is 12.3 Å². The van der Waals surface area contributed by atoms with E-state index in [1.54, 1.807) is 0 Å². The van der Waals surface area contributed by atoms with Gasteiger partial charge in [0.25, 0.3) is 0 Å². The lowest BCUT2D eigenvalue weighted by Crippen LogP contribution is -2.21. The summed E-state index contributed by atoms with van der Waals surface area (Å²) in [6.07, 6.45) is 5.34. The summed E-state index contributed by atoms with van der Waals surface area (Å²) in [5.74, 6) is 0.254. The number of nitrogens with zero attached hydrogens (tertiary/aromatic N) is 1. The molecule has 0 saturated carbocycles. The molecule has 1 saturated heterocycles. The van der Waals surface area contributed by atoms with Gasteiger partial charge in [0.2, 0.25) is 0 Å². The maximum absolute atomic E-state index is 11.8. The standard InChI is InChI=1S/C12H18N2OS/c1-9-11(8-16-14-9)12(15)6-2-4-10-5-3-7-13-10/h8,10,13H,2-7H2,1H3. The van der Waals surface area contributed by atoms with Crippen molar-refractivity contribution >= 4 is 17.3 Å². The lowest BCUT2D eigenvalue weighted by Gasteiger charge is -2.08. The second-order valence-electron chi connectivity index (χ2n) is 4.42. The van der Waals surface area contributed by atoms with Crippen LogP contribution in [0.3, 0.4) is 0 Å². The molecule has 1 fully saturated rings. The molecule has 0 radical (unpaired) electrons. The van der Waals surface area contributed by atoms with E-state index in [1.165, 1.54) is 24.4 Å². The Morgan fingerprint density at radius 2 is 2.56 bits per heavy atom. The fraction of sp³-hybridized carbons (Fsp3) is 0.667. The van der Waals surface area contributed by atoms with Crippen molar-refractivity contribution in [3.05, 3.63) is 16.6 Å². The van der Waals surface area contributed by atoms with Crippen LogP contribution in [0.2, 0.25) is 0 Å². The molecule has 1 atom stereocenters. The van der Waals surface area contributed by atoms with Gasteiger partial charge in [-0.1, -0.05) is 0 Å². The number of hydrogen-bond donors (Lipinski definition) is 1. The summed E-state index contributed by atoms with van der Waals surface area (Å²) in [7, 11) is 0. The van der Waals surface area contributed by atoms with Crippen LogP contribution in [0, 0.1) is 6.92 Å². The summed E-state index contributed by atoms with van der Waals surface area (Å²) >= 11 is 1.37. The number of rotatable bonds is 5. The van der Waals surface area contributed by atoms with E-state index in [0.29, 0.717) is 12.5 Å². The van der Waals surface area contributed by atoms with Gasteiger partial charge in [-0.25, -0.2) is 0 Å². The van der Waals surface area contributed by atoms with Gasteiger partial charge >= 0.3 is 0 Å². The molecule has 88 valence electrons. The van der Waals surface area contributed by atoms with E-state index in [-0.39, 0.29) is 5.78 Å². The summed E-state index contributed by atoms with van der Waals surface area (Å²) in [6, 6.07) is 0.648. The van der Waals surface area contributed by atoms with Crippen LogP contribution in [-0.4, -0.2) is 22.7 Å². The maximum Gasteiger partial charge on any atom is 0.165 e. The minimum atomic E-state index is 0.254. The number of Topliss-reactive ketones (excluding diaryl/α,β-unsaturated/α-hetero) is 1. The van der Waals surface area contributed by atoms with Crippen molar-refractivity contribution < 1.29 is 4.79 Å². The van der Waals surface area contributed by atoms with E-state index >= 15 is 0 Å². The molecule has 16 heavy (non-hydrogen) atoms. The van der Waals surface area contributed by atoms with E-state index in [2.05, 4.69) is 9.69 Å². The van der Waals surface area contributed by atoms with Crippen molar-refractivity contribution in [3.63, 3.8) is 0 Å². The number of hydrogen-bond acceptors (Lipinski definition) is 4. The molecule has 1 unspecified atom stereocenters. The summed E-state index contributed by atoms with van der Waals surface area (Å²) in [4.78, 5) is 11.8. The SMILES string of the molecule is Cc1nscc1C(=O)CCCC1CCCN1. The Balaban J connectivity index is 1.73. The average Bonchev–Trinajstić information content (AvgIpc) is 2.88. The average molecular weight is 238 g/mol. The van der Waals surface area contributed by atoms with Gasteiger partial charge in [0.05, 0.1) is 11.3 Å². The molecule has 0 amide bonds. The molecular weight excluding hydrogens is 220 g/mol. The molecule has 1 N–H and O–H groups in total. The van der Waals surface area contributed by atoms with Crippen LogP contribution in [0.5, 0.6) is 0 Å². The highest BCUT2D eigenvalue weighted by atomic mass is 32.1. The molecular formula is C12H18N2OS. The number of carbonyl (C=O) groups excluding carboxylic acids is 1. The second-order valence-corrected chi connectivity index (χ2v) is 5.05. The van der Waals surface area contributed by atoms with Crippen molar-refractivity contribution in [3.8, 4) is 0 Å². The largest absolute Gasteiger partial charge is 0.314 e. The van der Waals surface area contributed by atoms with Crippen LogP contribution in [0.4, 0.5) is 0 Å². The number of aryl methyl sites for hydroxylation is 1. The van der Waals surface area contributed by atoms with Gasteiger partial charge in [-0.3, -0.25) is 4.79 Å². The summed E-state index contributed by atoms with van der Waals surface area (Å²) < 4.78 is 4.13. The van der Waals surface area contributed by atoms with Crippen LogP contribution in [-0.2, 0) is 0 Å². The number of carbonyl (C=O) groups is 1. The normalized spacial score (nSPS) is 20.2. The molecule has 0 bridgehead atoms. The maximum atomic E-state index is 11.8. The first-order valence-electron chi connectivity index (χ1n) is 5.95. The fourth-order valence-corrected chi connectivity index (χ4v) is 2.92. The Morgan fingerprint density at radius 1 is 1.69 bits per heavy atom. The number of nitrogens with one attached hydrogen (secondary N) is 1. The third-order valence-electron chi connectivity index (χ3n) is 3.17. The Morgan fingerprint density at radius 3 is 3.19 bits per heavy atom. The fourth-order valence-electron chi connectivity index (χ4n) is 2.21. The second kappa shape index (κ2) is 5.55. The van der Waals surface area contributed by atoms with Crippen molar-refractivity contribution in [1.29, 1.82) is 0 Å². The third-order valence-corrected chi connectivity index (χ3v) is 3.89. The van der Waals surface area contributed by atoms with Crippen molar-refractivity contribution in [2.75, 3.05) is 6.54 Å². The lowest BCUT2D eigenvalue weighted by atomic mass is 10.0. The predicted molar refractivity (Wildman–Crippen MR) is 66.1 cm³/mol. The zero-order valence-corrected chi connectivity index (χ0v) is 10.5. The first kappa shape index (κ1) is 11.7. The zero-order chi connectivity index (χ0) is 11.4. The molecule has 1 aliphatic heterocycles. The minimum absolute atomic E-state index is 0.254.